The third-order valence-corrected chi connectivity index (χ3v) is 4.24. The van der Waals surface area contributed by atoms with Gasteiger partial charge in [-0.15, -0.1) is 0 Å². The maximum absolute atomic E-state index is 12.6. The number of ether oxygens (including phenoxy) is 2. The number of carbonyl (C=O) groups excluding carboxylic acids is 2. The summed E-state index contributed by atoms with van der Waals surface area (Å²) in [5, 5.41) is 0. The molecule has 0 unspecified atom stereocenters. The van der Waals surface area contributed by atoms with Crippen LogP contribution in [0.5, 0.6) is 0 Å². The van der Waals surface area contributed by atoms with Crippen molar-refractivity contribution >= 4 is 11.7 Å². The molecule has 0 aromatic heterocycles. The largest absolute Gasteiger partial charge is 0.377 e. The second-order valence-corrected chi connectivity index (χ2v) is 7.60. The average molecular weight is 374 g/mol. The molecule has 1 heterocycles. The fourth-order valence-electron chi connectivity index (χ4n) is 2.97. The number of amides is 1. The maximum Gasteiger partial charge on any atom is 0.223 e. The summed E-state index contributed by atoms with van der Waals surface area (Å²) in [7, 11) is 0. The molecule has 0 saturated carbocycles. The van der Waals surface area contributed by atoms with Gasteiger partial charge in [0.05, 0.1) is 31.0 Å². The molecule has 1 aliphatic heterocycles. The van der Waals surface area contributed by atoms with Crippen molar-refractivity contribution in [1.29, 1.82) is 0 Å². The Kier molecular flexibility index (Phi) is 13.9. The van der Waals surface area contributed by atoms with Gasteiger partial charge in [-0.3, -0.25) is 9.59 Å². The quantitative estimate of drug-likeness (QED) is 0.567. The first-order valence-corrected chi connectivity index (χ1v) is 9.29. The van der Waals surface area contributed by atoms with Crippen LogP contribution in [-0.4, -0.2) is 54.1 Å². The van der Waals surface area contributed by atoms with E-state index in [1.165, 1.54) is 0 Å². The topological polar surface area (TPSA) is 55.8 Å². The maximum atomic E-state index is 12.6. The fraction of sp³-hybridized carbons (Fsp3) is 0.905. The first-order chi connectivity index (χ1) is 11.2. The van der Waals surface area contributed by atoms with Crippen molar-refractivity contribution < 1.29 is 19.1 Å². The van der Waals surface area contributed by atoms with Gasteiger partial charge in [0.25, 0.3) is 0 Å². The van der Waals surface area contributed by atoms with Gasteiger partial charge < -0.3 is 14.4 Å². The summed E-state index contributed by atoms with van der Waals surface area (Å²) in [6.07, 6.45) is 2.73. The molecule has 2 atom stereocenters. The third kappa shape index (κ3) is 9.67. The van der Waals surface area contributed by atoms with Gasteiger partial charge in [0.15, 0.2) is 0 Å². The molecular formula is C21H43NO4. The smallest absolute Gasteiger partial charge is 0.223 e. The molecule has 1 rings (SSSR count). The molecule has 1 aliphatic rings. The summed E-state index contributed by atoms with van der Waals surface area (Å²) < 4.78 is 11.6. The lowest BCUT2D eigenvalue weighted by atomic mass is 10.0. The van der Waals surface area contributed by atoms with Gasteiger partial charge in [-0.25, -0.2) is 0 Å². The normalized spacial score (nSPS) is 19.7. The lowest BCUT2D eigenvalue weighted by molar-refractivity contribution is -0.134. The Balaban J connectivity index is 0. The minimum absolute atomic E-state index is 0. The number of ketones is 1. The molecule has 1 fully saturated rings. The van der Waals surface area contributed by atoms with Gasteiger partial charge in [-0.05, 0) is 40.5 Å². The van der Waals surface area contributed by atoms with Gasteiger partial charge in [0.1, 0.15) is 5.78 Å². The summed E-state index contributed by atoms with van der Waals surface area (Å²) in [5.41, 5.74) is 0. The van der Waals surface area contributed by atoms with Crippen LogP contribution in [0.2, 0.25) is 0 Å². The second kappa shape index (κ2) is 13.3. The first kappa shape index (κ1) is 27.3. The van der Waals surface area contributed by atoms with Crippen LogP contribution in [0.25, 0.3) is 0 Å². The van der Waals surface area contributed by atoms with Crippen LogP contribution < -0.4 is 0 Å². The van der Waals surface area contributed by atoms with Crippen molar-refractivity contribution in [3.8, 4) is 0 Å². The Labute approximate surface area is 161 Å². The Hall–Kier alpha value is -0.940. The van der Waals surface area contributed by atoms with E-state index in [2.05, 4.69) is 0 Å². The van der Waals surface area contributed by atoms with Crippen LogP contribution in [0.3, 0.4) is 0 Å². The molecule has 0 aromatic carbocycles. The predicted molar refractivity (Wildman–Crippen MR) is 108 cm³/mol. The van der Waals surface area contributed by atoms with Crippen molar-refractivity contribution in [3.05, 3.63) is 0 Å². The zero-order valence-corrected chi connectivity index (χ0v) is 16.2. The number of Topliss-reactive ketones (excluding diaryl/α,β-unsaturated/α-hetero) is 1. The van der Waals surface area contributed by atoms with Gasteiger partial charge in [0.2, 0.25) is 5.91 Å². The number of hydrogen-bond donors (Lipinski definition) is 0. The first-order valence-electron chi connectivity index (χ1n) is 9.29. The standard InChI is InChI=1S/C19H35NO4.2CH4/c1-13(2)18(21)8-7-9-19(22)20-11-17(24-15(5)6)10-16(20)12-23-14(3)4;;/h13-17H,7-12H2,1-6H3;2*1H4/t16-,17+;;/m0../s1. The van der Waals surface area contributed by atoms with E-state index in [0.29, 0.717) is 32.4 Å². The van der Waals surface area contributed by atoms with Crippen molar-refractivity contribution in [2.45, 2.75) is 106 Å². The number of rotatable bonds is 10. The highest BCUT2D eigenvalue weighted by Crippen LogP contribution is 2.24. The van der Waals surface area contributed by atoms with E-state index in [4.69, 9.17) is 9.47 Å². The molecule has 0 aliphatic carbocycles. The van der Waals surface area contributed by atoms with Crippen LogP contribution in [0.4, 0.5) is 0 Å². The van der Waals surface area contributed by atoms with Gasteiger partial charge in [0, 0.05) is 25.3 Å². The second-order valence-electron chi connectivity index (χ2n) is 7.60. The fourth-order valence-corrected chi connectivity index (χ4v) is 2.97. The number of nitrogens with zero attached hydrogens (tertiary/aromatic N) is 1. The van der Waals surface area contributed by atoms with Gasteiger partial charge >= 0.3 is 0 Å². The monoisotopic (exact) mass is 373 g/mol. The molecule has 5 heteroatoms. The average Bonchev–Trinajstić information content (AvgIpc) is 2.86. The van der Waals surface area contributed by atoms with Crippen LogP contribution in [0.15, 0.2) is 0 Å². The third-order valence-electron chi connectivity index (χ3n) is 4.24. The Morgan fingerprint density at radius 3 is 2.12 bits per heavy atom. The highest BCUT2D eigenvalue weighted by Gasteiger charge is 2.36. The number of hydrogen-bond acceptors (Lipinski definition) is 4. The van der Waals surface area contributed by atoms with Crippen LogP contribution >= 0.6 is 0 Å². The number of likely N-dealkylation sites (tertiary alicyclic amines) is 1. The van der Waals surface area contributed by atoms with E-state index in [0.717, 1.165) is 6.42 Å². The molecule has 156 valence electrons. The van der Waals surface area contributed by atoms with Crippen LogP contribution in [0, 0.1) is 5.92 Å². The summed E-state index contributed by atoms with van der Waals surface area (Å²) in [6, 6.07) is 0.0736. The van der Waals surface area contributed by atoms with Gasteiger partial charge in [-0.2, -0.15) is 0 Å². The molecule has 0 radical (unpaired) electrons. The summed E-state index contributed by atoms with van der Waals surface area (Å²) in [5.74, 6) is 0.381. The van der Waals surface area contributed by atoms with E-state index < -0.39 is 0 Å². The molecule has 1 saturated heterocycles. The van der Waals surface area contributed by atoms with E-state index in [1.54, 1.807) is 0 Å². The predicted octanol–water partition coefficient (Wildman–Crippen LogP) is 4.47. The zero-order valence-electron chi connectivity index (χ0n) is 16.2. The van der Waals surface area contributed by atoms with Crippen molar-refractivity contribution in [2.24, 2.45) is 5.92 Å². The molecule has 0 N–H and O–H groups in total. The van der Waals surface area contributed by atoms with Crippen LogP contribution in [0.1, 0.15) is 82.1 Å². The molecule has 26 heavy (non-hydrogen) atoms. The Bertz CT molecular complexity index is 407. The Morgan fingerprint density at radius 1 is 1.00 bits per heavy atom. The van der Waals surface area contributed by atoms with E-state index >= 15 is 0 Å². The molecule has 1 amide bonds. The molecule has 0 bridgehead atoms. The van der Waals surface area contributed by atoms with Gasteiger partial charge in [-0.1, -0.05) is 28.7 Å². The van der Waals surface area contributed by atoms with E-state index in [1.807, 2.05) is 46.4 Å². The van der Waals surface area contributed by atoms with Crippen molar-refractivity contribution in [1.82, 2.24) is 4.90 Å². The lowest BCUT2D eigenvalue weighted by Gasteiger charge is -2.25. The Morgan fingerprint density at radius 2 is 1.62 bits per heavy atom. The lowest BCUT2D eigenvalue weighted by Crippen LogP contribution is -2.39. The molecular weight excluding hydrogens is 330 g/mol. The molecule has 0 spiro atoms. The van der Waals surface area contributed by atoms with E-state index in [9.17, 15) is 9.59 Å². The van der Waals surface area contributed by atoms with Crippen molar-refractivity contribution in [2.75, 3.05) is 13.2 Å². The highest BCUT2D eigenvalue weighted by molar-refractivity contribution is 5.81. The molecule has 0 aromatic rings. The number of carbonyl (C=O) groups is 2. The zero-order chi connectivity index (χ0) is 18.3. The minimum Gasteiger partial charge on any atom is -0.377 e. The SMILES string of the molecule is C.C.CC(C)OC[C@@H]1C[C@@H](OC(C)C)CN1C(=O)CCCC(=O)C(C)C. The summed E-state index contributed by atoms with van der Waals surface area (Å²) in [4.78, 5) is 26.2. The summed E-state index contributed by atoms with van der Waals surface area (Å²) >= 11 is 0. The van der Waals surface area contributed by atoms with Crippen molar-refractivity contribution in [3.63, 3.8) is 0 Å². The van der Waals surface area contributed by atoms with Crippen LogP contribution in [-0.2, 0) is 19.1 Å². The minimum atomic E-state index is 0. The summed E-state index contributed by atoms with van der Waals surface area (Å²) in [6.45, 7) is 13.0. The molecule has 5 nitrogen and oxygen atoms in total. The highest BCUT2D eigenvalue weighted by atomic mass is 16.5. The van der Waals surface area contributed by atoms with E-state index in [-0.39, 0.29) is 56.8 Å².